The lowest BCUT2D eigenvalue weighted by molar-refractivity contribution is 0.0925. The molecule has 98 valence electrons. The van der Waals surface area contributed by atoms with Crippen molar-refractivity contribution in [3.63, 3.8) is 0 Å². The quantitative estimate of drug-likeness (QED) is 0.851. The molecule has 0 spiro atoms. The molecule has 2 unspecified atom stereocenters. The largest absolute Gasteiger partial charge is 0.393 e. The molecule has 1 N–H and O–H groups in total. The number of aliphatic hydroxyl groups is 1. The second-order valence-electron chi connectivity index (χ2n) is 4.96. The van der Waals surface area contributed by atoms with E-state index in [0.29, 0.717) is 17.1 Å². The third-order valence-corrected chi connectivity index (χ3v) is 3.74. The van der Waals surface area contributed by atoms with Gasteiger partial charge in [-0.2, -0.15) is 0 Å². The molecule has 0 aromatic heterocycles. The first kappa shape index (κ1) is 13.5. The number of aliphatic hydroxyl groups excluding tert-OH is 1. The van der Waals surface area contributed by atoms with Crippen LogP contribution in [0.25, 0.3) is 0 Å². The van der Waals surface area contributed by atoms with E-state index in [2.05, 4.69) is 4.90 Å². The molecule has 0 aliphatic carbocycles. The summed E-state index contributed by atoms with van der Waals surface area (Å²) in [6, 6.07) is 7.04. The third-order valence-electron chi connectivity index (χ3n) is 3.50. The molecule has 0 radical (unpaired) electrons. The fourth-order valence-corrected chi connectivity index (χ4v) is 2.55. The Labute approximate surface area is 112 Å². The van der Waals surface area contributed by atoms with Gasteiger partial charge >= 0.3 is 0 Å². The number of benzene rings is 1. The van der Waals surface area contributed by atoms with Gasteiger partial charge < -0.3 is 5.11 Å². The van der Waals surface area contributed by atoms with Gasteiger partial charge in [0.25, 0.3) is 0 Å². The van der Waals surface area contributed by atoms with Gasteiger partial charge in [0.2, 0.25) is 0 Å². The number of rotatable bonds is 4. The van der Waals surface area contributed by atoms with Crippen LogP contribution >= 0.6 is 11.6 Å². The number of halogens is 1. The summed E-state index contributed by atoms with van der Waals surface area (Å²) in [7, 11) is 0. The Morgan fingerprint density at radius 1 is 1.61 bits per heavy atom. The lowest BCUT2D eigenvalue weighted by Gasteiger charge is -2.16. The molecule has 3 nitrogen and oxygen atoms in total. The number of hydrogen-bond donors (Lipinski definition) is 1. The van der Waals surface area contributed by atoms with Crippen molar-refractivity contribution in [2.75, 3.05) is 19.6 Å². The Morgan fingerprint density at radius 3 is 3.00 bits per heavy atom. The zero-order valence-electron chi connectivity index (χ0n) is 10.5. The van der Waals surface area contributed by atoms with Crippen molar-refractivity contribution >= 4 is 17.4 Å². The first-order valence-corrected chi connectivity index (χ1v) is 6.63. The van der Waals surface area contributed by atoms with Crippen LogP contribution in [0, 0.1) is 5.92 Å². The Hall–Kier alpha value is -0.900. The van der Waals surface area contributed by atoms with Gasteiger partial charge in [-0.05, 0) is 37.9 Å². The highest BCUT2D eigenvalue weighted by Gasteiger charge is 2.27. The number of carbonyl (C=O) groups is 1. The van der Waals surface area contributed by atoms with Gasteiger partial charge in [-0.3, -0.25) is 9.69 Å². The van der Waals surface area contributed by atoms with Gasteiger partial charge in [0.1, 0.15) is 0 Å². The zero-order valence-corrected chi connectivity index (χ0v) is 11.2. The van der Waals surface area contributed by atoms with E-state index in [4.69, 9.17) is 11.6 Å². The second-order valence-corrected chi connectivity index (χ2v) is 5.39. The SMILES string of the molecule is CC(O)C1CCN(CC(=O)c2cccc(Cl)c2)C1. The minimum absolute atomic E-state index is 0.0868. The van der Waals surface area contributed by atoms with E-state index in [1.165, 1.54) is 0 Å². The molecule has 2 rings (SSSR count). The van der Waals surface area contributed by atoms with Gasteiger partial charge in [-0.1, -0.05) is 23.7 Å². The minimum atomic E-state index is -0.295. The molecule has 1 aromatic rings. The number of likely N-dealkylation sites (tertiary alicyclic amines) is 1. The van der Waals surface area contributed by atoms with Gasteiger partial charge in [0, 0.05) is 17.1 Å². The van der Waals surface area contributed by atoms with Gasteiger partial charge in [-0.25, -0.2) is 0 Å². The Bertz CT molecular complexity index is 434. The van der Waals surface area contributed by atoms with Crippen molar-refractivity contribution in [1.29, 1.82) is 0 Å². The molecular formula is C14H18ClNO2. The summed E-state index contributed by atoms with van der Waals surface area (Å²) in [6.45, 7) is 3.89. The molecular weight excluding hydrogens is 250 g/mol. The summed E-state index contributed by atoms with van der Waals surface area (Å²) in [5, 5.41) is 10.1. The average molecular weight is 268 g/mol. The van der Waals surface area contributed by atoms with E-state index in [-0.39, 0.29) is 17.8 Å². The van der Waals surface area contributed by atoms with Crippen molar-refractivity contribution in [3.05, 3.63) is 34.9 Å². The van der Waals surface area contributed by atoms with Crippen LogP contribution in [-0.2, 0) is 0 Å². The van der Waals surface area contributed by atoms with Crippen LogP contribution in [0.5, 0.6) is 0 Å². The fraction of sp³-hybridized carbons (Fsp3) is 0.500. The number of carbonyl (C=O) groups excluding carboxylic acids is 1. The predicted molar refractivity (Wildman–Crippen MR) is 72.0 cm³/mol. The van der Waals surface area contributed by atoms with Crippen molar-refractivity contribution in [3.8, 4) is 0 Å². The topological polar surface area (TPSA) is 40.5 Å². The molecule has 2 atom stereocenters. The highest BCUT2D eigenvalue weighted by molar-refractivity contribution is 6.31. The van der Waals surface area contributed by atoms with Crippen molar-refractivity contribution in [1.82, 2.24) is 4.90 Å². The molecule has 18 heavy (non-hydrogen) atoms. The standard InChI is InChI=1S/C14H18ClNO2/c1-10(17)12-5-6-16(8-12)9-14(18)11-3-2-4-13(15)7-11/h2-4,7,10,12,17H,5-6,8-9H2,1H3. The van der Waals surface area contributed by atoms with Crippen LogP contribution in [0.4, 0.5) is 0 Å². The van der Waals surface area contributed by atoms with Crippen molar-refractivity contribution in [2.45, 2.75) is 19.4 Å². The summed E-state index contributed by atoms with van der Waals surface area (Å²) >= 11 is 5.87. The molecule has 1 saturated heterocycles. The van der Waals surface area contributed by atoms with Gasteiger partial charge in [-0.15, -0.1) is 0 Å². The average Bonchev–Trinajstić information content (AvgIpc) is 2.77. The number of Topliss-reactive ketones (excluding diaryl/α,β-unsaturated/α-hetero) is 1. The van der Waals surface area contributed by atoms with Crippen LogP contribution in [0.2, 0.25) is 5.02 Å². The van der Waals surface area contributed by atoms with Crippen LogP contribution in [0.15, 0.2) is 24.3 Å². The van der Waals surface area contributed by atoms with Crippen molar-refractivity contribution < 1.29 is 9.90 Å². The third kappa shape index (κ3) is 3.31. The summed E-state index contributed by atoms with van der Waals surface area (Å²) in [5.41, 5.74) is 0.656. The molecule has 1 aliphatic rings. The molecule has 1 aliphatic heterocycles. The highest BCUT2D eigenvalue weighted by Crippen LogP contribution is 2.20. The lowest BCUT2D eigenvalue weighted by atomic mass is 10.0. The second kappa shape index (κ2) is 5.83. The van der Waals surface area contributed by atoms with Crippen LogP contribution in [0.3, 0.4) is 0 Å². The maximum atomic E-state index is 12.1. The smallest absolute Gasteiger partial charge is 0.176 e. The summed E-state index contributed by atoms with van der Waals surface area (Å²) in [5.74, 6) is 0.376. The molecule has 1 aromatic carbocycles. The molecule has 1 heterocycles. The maximum Gasteiger partial charge on any atom is 0.176 e. The Kier molecular flexibility index (Phi) is 4.38. The van der Waals surface area contributed by atoms with Crippen LogP contribution in [-0.4, -0.2) is 41.5 Å². The van der Waals surface area contributed by atoms with Crippen molar-refractivity contribution in [2.24, 2.45) is 5.92 Å². The van der Waals surface area contributed by atoms with Gasteiger partial charge in [0.05, 0.1) is 12.6 Å². The Morgan fingerprint density at radius 2 is 2.39 bits per heavy atom. The molecule has 0 saturated carbocycles. The zero-order chi connectivity index (χ0) is 13.1. The number of ketones is 1. The highest BCUT2D eigenvalue weighted by atomic mass is 35.5. The first-order valence-electron chi connectivity index (χ1n) is 6.25. The number of nitrogens with zero attached hydrogens (tertiary/aromatic N) is 1. The minimum Gasteiger partial charge on any atom is -0.393 e. The molecule has 1 fully saturated rings. The first-order chi connectivity index (χ1) is 8.56. The molecule has 0 amide bonds. The van der Waals surface area contributed by atoms with Crippen LogP contribution < -0.4 is 0 Å². The molecule has 0 bridgehead atoms. The van der Waals surface area contributed by atoms with Gasteiger partial charge in [0.15, 0.2) is 5.78 Å². The normalized spacial score (nSPS) is 22.1. The van der Waals surface area contributed by atoms with E-state index >= 15 is 0 Å². The van der Waals surface area contributed by atoms with E-state index in [0.717, 1.165) is 19.5 Å². The maximum absolute atomic E-state index is 12.1. The van der Waals surface area contributed by atoms with E-state index < -0.39 is 0 Å². The fourth-order valence-electron chi connectivity index (χ4n) is 2.36. The van der Waals surface area contributed by atoms with E-state index in [9.17, 15) is 9.90 Å². The predicted octanol–water partition coefficient (Wildman–Crippen LogP) is 2.23. The summed E-state index contributed by atoms with van der Waals surface area (Å²) < 4.78 is 0. The molecule has 4 heteroatoms. The Balaban J connectivity index is 1.93. The van der Waals surface area contributed by atoms with Crippen LogP contribution in [0.1, 0.15) is 23.7 Å². The number of hydrogen-bond acceptors (Lipinski definition) is 3. The summed E-state index contributed by atoms with van der Waals surface area (Å²) in [4.78, 5) is 14.2. The monoisotopic (exact) mass is 267 g/mol. The van der Waals surface area contributed by atoms with E-state index in [1.54, 1.807) is 24.3 Å². The lowest BCUT2D eigenvalue weighted by Crippen LogP contribution is -2.29. The van der Waals surface area contributed by atoms with E-state index in [1.807, 2.05) is 6.92 Å². The summed E-state index contributed by atoms with van der Waals surface area (Å²) in [6.07, 6.45) is 0.664.